The van der Waals surface area contributed by atoms with Crippen molar-refractivity contribution in [3.8, 4) is 0 Å². The number of nitrogens with zero attached hydrogens (tertiary/aromatic N) is 1. The van der Waals surface area contributed by atoms with Gasteiger partial charge in [-0.15, -0.1) is 11.3 Å². The summed E-state index contributed by atoms with van der Waals surface area (Å²) in [5.74, 6) is 0.613. The van der Waals surface area contributed by atoms with Crippen LogP contribution in [0.4, 0.5) is 5.82 Å². The van der Waals surface area contributed by atoms with Crippen LogP contribution in [-0.4, -0.2) is 11.5 Å². The minimum atomic E-state index is 0.540. The van der Waals surface area contributed by atoms with E-state index >= 15 is 0 Å². The number of rotatable bonds is 3. The van der Waals surface area contributed by atoms with Gasteiger partial charge in [0.15, 0.2) is 0 Å². The number of nitrogen functional groups attached to an aromatic ring is 1. The van der Waals surface area contributed by atoms with Gasteiger partial charge in [-0.25, -0.2) is 4.98 Å². The normalized spacial score (nSPS) is 11.2. The molecule has 0 saturated carbocycles. The number of aromatic nitrogens is 1. The van der Waals surface area contributed by atoms with Gasteiger partial charge in [-0.2, -0.15) is 0 Å². The molecule has 66 valence electrons. The number of hydrogen-bond donors (Lipinski definition) is 2. The maximum atomic E-state index is 5.66. The van der Waals surface area contributed by atoms with Crippen LogP contribution in [0, 0.1) is 0 Å². The lowest BCUT2D eigenvalue weighted by atomic mass is 10.4. The molecule has 0 aliphatic rings. The van der Waals surface area contributed by atoms with Crippen LogP contribution in [0.15, 0.2) is 6.08 Å². The SMILES string of the molecule is CCc1nc(N)c(/C=C\CN)s1. The van der Waals surface area contributed by atoms with Crippen LogP contribution in [0.3, 0.4) is 0 Å². The minimum Gasteiger partial charge on any atom is -0.382 e. The molecule has 1 aromatic rings. The Balaban J connectivity index is 2.84. The molecule has 0 bridgehead atoms. The number of nitrogens with two attached hydrogens (primary N) is 2. The van der Waals surface area contributed by atoms with E-state index in [-0.39, 0.29) is 0 Å². The highest BCUT2D eigenvalue weighted by Gasteiger charge is 2.02. The molecule has 0 saturated heterocycles. The van der Waals surface area contributed by atoms with Gasteiger partial charge in [0.05, 0.1) is 9.88 Å². The van der Waals surface area contributed by atoms with Gasteiger partial charge in [-0.3, -0.25) is 0 Å². The topological polar surface area (TPSA) is 64.9 Å². The van der Waals surface area contributed by atoms with Crippen molar-refractivity contribution in [1.29, 1.82) is 0 Å². The van der Waals surface area contributed by atoms with E-state index in [1.54, 1.807) is 11.3 Å². The highest BCUT2D eigenvalue weighted by molar-refractivity contribution is 7.13. The molecule has 0 unspecified atom stereocenters. The fourth-order valence-corrected chi connectivity index (χ4v) is 1.69. The third kappa shape index (κ3) is 2.06. The van der Waals surface area contributed by atoms with Crippen LogP contribution >= 0.6 is 11.3 Å². The zero-order valence-corrected chi connectivity index (χ0v) is 7.90. The van der Waals surface area contributed by atoms with Crippen molar-refractivity contribution < 1.29 is 0 Å². The van der Waals surface area contributed by atoms with Crippen molar-refractivity contribution in [2.24, 2.45) is 5.73 Å². The van der Waals surface area contributed by atoms with Gasteiger partial charge in [0.1, 0.15) is 5.82 Å². The smallest absolute Gasteiger partial charge is 0.142 e. The molecule has 1 rings (SSSR count). The lowest BCUT2D eigenvalue weighted by Crippen LogP contribution is -1.92. The molecule has 0 aliphatic carbocycles. The van der Waals surface area contributed by atoms with Crippen LogP contribution in [-0.2, 0) is 6.42 Å². The molecule has 1 aromatic heterocycles. The monoisotopic (exact) mass is 183 g/mol. The summed E-state index contributed by atoms with van der Waals surface area (Å²) < 4.78 is 0. The quantitative estimate of drug-likeness (QED) is 0.741. The van der Waals surface area contributed by atoms with Crippen molar-refractivity contribution in [1.82, 2.24) is 4.98 Å². The molecule has 1 heterocycles. The Morgan fingerprint density at radius 2 is 2.33 bits per heavy atom. The largest absolute Gasteiger partial charge is 0.382 e. The molecule has 0 atom stereocenters. The van der Waals surface area contributed by atoms with E-state index in [4.69, 9.17) is 11.5 Å². The Labute approximate surface area is 76.1 Å². The predicted octanol–water partition coefficient (Wildman–Crippen LogP) is 1.26. The molecule has 0 aromatic carbocycles. The van der Waals surface area contributed by atoms with Crippen LogP contribution in [0.5, 0.6) is 0 Å². The number of thiazole rings is 1. The second-order valence-corrected chi connectivity index (χ2v) is 3.46. The minimum absolute atomic E-state index is 0.540. The number of anilines is 1. The summed E-state index contributed by atoms with van der Waals surface area (Å²) in [6, 6.07) is 0. The predicted molar refractivity (Wildman–Crippen MR) is 54.0 cm³/mol. The Kier molecular flexibility index (Phi) is 3.25. The maximum absolute atomic E-state index is 5.66. The molecule has 3 nitrogen and oxygen atoms in total. The van der Waals surface area contributed by atoms with Gasteiger partial charge in [-0.1, -0.05) is 13.0 Å². The van der Waals surface area contributed by atoms with E-state index in [2.05, 4.69) is 11.9 Å². The molecule has 0 spiro atoms. The summed E-state index contributed by atoms with van der Waals surface area (Å²) in [7, 11) is 0. The van der Waals surface area contributed by atoms with Crippen molar-refractivity contribution in [3.05, 3.63) is 16.0 Å². The molecule has 0 radical (unpaired) electrons. The Hall–Kier alpha value is -0.870. The average Bonchev–Trinajstić information content (AvgIpc) is 2.43. The second-order valence-electron chi connectivity index (χ2n) is 2.35. The summed E-state index contributed by atoms with van der Waals surface area (Å²) in [5, 5.41) is 1.07. The van der Waals surface area contributed by atoms with Crippen LogP contribution < -0.4 is 11.5 Å². The molecule has 12 heavy (non-hydrogen) atoms. The fourth-order valence-electron chi connectivity index (χ4n) is 0.837. The van der Waals surface area contributed by atoms with Crippen LogP contribution in [0.25, 0.3) is 6.08 Å². The van der Waals surface area contributed by atoms with E-state index in [9.17, 15) is 0 Å². The lowest BCUT2D eigenvalue weighted by molar-refractivity contribution is 1.10. The summed E-state index contributed by atoms with van der Waals surface area (Å²) in [6.45, 7) is 2.60. The van der Waals surface area contributed by atoms with Gasteiger partial charge >= 0.3 is 0 Å². The standard InChI is InChI=1S/C8H13N3S/c1-2-7-11-8(10)6(12-7)4-3-5-9/h3-4H,2,5,9-10H2,1H3/b4-3-. The first kappa shape index (κ1) is 9.22. The van der Waals surface area contributed by atoms with Gasteiger partial charge < -0.3 is 11.5 Å². The zero-order chi connectivity index (χ0) is 8.97. The van der Waals surface area contributed by atoms with E-state index in [0.717, 1.165) is 16.3 Å². The van der Waals surface area contributed by atoms with Gasteiger partial charge in [0.25, 0.3) is 0 Å². The van der Waals surface area contributed by atoms with Crippen LogP contribution in [0.1, 0.15) is 16.8 Å². The highest BCUT2D eigenvalue weighted by atomic mass is 32.1. The molecule has 0 amide bonds. The lowest BCUT2D eigenvalue weighted by Gasteiger charge is -1.85. The molecular formula is C8H13N3S. The second kappa shape index (κ2) is 4.23. The Morgan fingerprint density at radius 1 is 1.58 bits per heavy atom. The summed E-state index contributed by atoms with van der Waals surface area (Å²) in [4.78, 5) is 5.20. The van der Waals surface area contributed by atoms with Gasteiger partial charge in [0.2, 0.25) is 0 Å². The average molecular weight is 183 g/mol. The van der Waals surface area contributed by atoms with Crippen LogP contribution in [0.2, 0.25) is 0 Å². The molecule has 4 N–H and O–H groups in total. The first-order chi connectivity index (χ1) is 5.77. The number of aryl methyl sites for hydroxylation is 1. The summed E-state index contributed by atoms with van der Waals surface area (Å²) >= 11 is 1.62. The molecule has 0 fully saturated rings. The third-order valence-electron chi connectivity index (χ3n) is 1.43. The molecule has 4 heteroatoms. The maximum Gasteiger partial charge on any atom is 0.142 e. The first-order valence-electron chi connectivity index (χ1n) is 3.89. The third-order valence-corrected chi connectivity index (χ3v) is 2.61. The van der Waals surface area contributed by atoms with E-state index in [1.165, 1.54) is 0 Å². The van der Waals surface area contributed by atoms with E-state index in [1.807, 2.05) is 12.2 Å². The van der Waals surface area contributed by atoms with Gasteiger partial charge in [0, 0.05) is 6.54 Å². The Morgan fingerprint density at radius 3 is 2.83 bits per heavy atom. The number of hydrogen-bond acceptors (Lipinski definition) is 4. The van der Waals surface area contributed by atoms with E-state index in [0.29, 0.717) is 12.4 Å². The van der Waals surface area contributed by atoms with Gasteiger partial charge in [-0.05, 0) is 12.5 Å². The van der Waals surface area contributed by atoms with E-state index < -0.39 is 0 Å². The zero-order valence-electron chi connectivity index (χ0n) is 7.08. The summed E-state index contributed by atoms with van der Waals surface area (Å²) in [5.41, 5.74) is 11.0. The fraction of sp³-hybridized carbons (Fsp3) is 0.375. The highest BCUT2D eigenvalue weighted by Crippen LogP contribution is 2.22. The van der Waals surface area contributed by atoms with Crippen molar-refractivity contribution in [2.45, 2.75) is 13.3 Å². The molecule has 0 aliphatic heterocycles. The summed E-state index contributed by atoms with van der Waals surface area (Å²) in [6.07, 6.45) is 4.74. The first-order valence-corrected chi connectivity index (χ1v) is 4.71. The Bertz CT molecular complexity index is 278. The van der Waals surface area contributed by atoms with Crippen molar-refractivity contribution in [3.63, 3.8) is 0 Å². The van der Waals surface area contributed by atoms with Crippen molar-refractivity contribution >= 4 is 23.2 Å². The molecular weight excluding hydrogens is 170 g/mol. The van der Waals surface area contributed by atoms with Crippen molar-refractivity contribution in [2.75, 3.05) is 12.3 Å².